The zero-order chi connectivity index (χ0) is 9.36. The van der Waals surface area contributed by atoms with Gasteiger partial charge < -0.3 is 10.1 Å². The maximum atomic E-state index is 5.22. The molecule has 0 spiro atoms. The number of rotatable bonds is 6. The van der Waals surface area contributed by atoms with Crippen LogP contribution in [-0.4, -0.2) is 24.7 Å². The van der Waals surface area contributed by atoms with Gasteiger partial charge in [0.1, 0.15) is 0 Å². The highest BCUT2D eigenvalue weighted by atomic mass is 16.5. The van der Waals surface area contributed by atoms with E-state index in [1.54, 1.807) is 12.4 Å². The number of pyridine rings is 1. The molecule has 0 amide bonds. The second kappa shape index (κ2) is 6.43. The molecular weight excluding hydrogens is 164 g/mol. The van der Waals surface area contributed by atoms with Gasteiger partial charge in [-0.3, -0.25) is 4.98 Å². The Hall–Kier alpha value is -1.09. The van der Waals surface area contributed by atoms with Crippen molar-refractivity contribution in [2.45, 2.75) is 13.3 Å². The minimum Gasteiger partial charge on any atom is -0.385 e. The predicted molar refractivity (Wildman–Crippen MR) is 53.8 cm³/mol. The van der Waals surface area contributed by atoms with Crippen LogP contribution in [0.1, 0.15) is 13.3 Å². The monoisotopic (exact) mass is 180 g/mol. The summed E-state index contributed by atoms with van der Waals surface area (Å²) in [4.78, 5) is 3.94. The van der Waals surface area contributed by atoms with Gasteiger partial charge in [-0.2, -0.15) is 0 Å². The Morgan fingerprint density at radius 3 is 2.85 bits per heavy atom. The van der Waals surface area contributed by atoms with Gasteiger partial charge in [-0.25, -0.2) is 0 Å². The summed E-state index contributed by atoms with van der Waals surface area (Å²) in [5, 5.41) is 3.28. The topological polar surface area (TPSA) is 34.1 Å². The van der Waals surface area contributed by atoms with Crippen molar-refractivity contribution >= 4 is 5.69 Å². The number of nitrogens with zero attached hydrogens (tertiary/aromatic N) is 1. The molecule has 0 aromatic carbocycles. The van der Waals surface area contributed by atoms with E-state index in [2.05, 4.69) is 10.3 Å². The normalized spacial score (nSPS) is 9.92. The lowest BCUT2D eigenvalue weighted by Gasteiger charge is -2.05. The summed E-state index contributed by atoms with van der Waals surface area (Å²) >= 11 is 0. The number of hydrogen-bond acceptors (Lipinski definition) is 3. The molecule has 1 aromatic heterocycles. The van der Waals surface area contributed by atoms with Crippen LogP contribution in [0.25, 0.3) is 0 Å². The Morgan fingerprint density at radius 1 is 1.38 bits per heavy atom. The molecule has 0 saturated heterocycles. The highest BCUT2D eigenvalue weighted by Gasteiger charge is 1.89. The molecule has 0 radical (unpaired) electrons. The van der Waals surface area contributed by atoms with E-state index in [-0.39, 0.29) is 0 Å². The van der Waals surface area contributed by atoms with E-state index in [1.807, 2.05) is 19.1 Å². The van der Waals surface area contributed by atoms with Crippen LogP contribution >= 0.6 is 0 Å². The van der Waals surface area contributed by atoms with Gasteiger partial charge >= 0.3 is 0 Å². The van der Waals surface area contributed by atoms with E-state index in [0.717, 1.165) is 31.9 Å². The standard InChI is InChI=1S/C10H16N2O/c1-2-13-9-3-6-12-10-4-7-11-8-5-10/h4-5,7-8H,2-3,6,9H2,1H3,(H,11,12). The Bertz CT molecular complexity index is 213. The minimum absolute atomic E-state index is 0.801. The van der Waals surface area contributed by atoms with Crippen molar-refractivity contribution in [1.82, 2.24) is 4.98 Å². The van der Waals surface area contributed by atoms with Crippen molar-refractivity contribution in [2.75, 3.05) is 25.1 Å². The Labute approximate surface area is 79.1 Å². The van der Waals surface area contributed by atoms with Gasteiger partial charge in [-0.05, 0) is 25.5 Å². The summed E-state index contributed by atoms with van der Waals surface area (Å²) < 4.78 is 5.22. The molecular formula is C10H16N2O. The zero-order valence-corrected chi connectivity index (χ0v) is 7.99. The summed E-state index contributed by atoms with van der Waals surface area (Å²) in [7, 11) is 0. The van der Waals surface area contributed by atoms with Crippen molar-refractivity contribution < 1.29 is 4.74 Å². The number of anilines is 1. The maximum absolute atomic E-state index is 5.22. The van der Waals surface area contributed by atoms with E-state index in [4.69, 9.17) is 4.74 Å². The van der Waals surface area contributed by atoms with Gasteiger partial charge in [0.05, 0.1) is 0 Å². The predicted octanol–water partition coefficient (Wildman–Crippen LogP) is 1.92. The third-order valence-corrected chi connectivity index (χ3v) is 1.68. The molecule has 0 bridgehead atoms. The fraction of sp³-hybridized carbons (Fsp3) is 0.500. The molecule has 0 aliphatic rings. The summed E-state index contributed by atoms with van der Waals surface area (Å²) in [6, 6.07) is 3.92. The van der Waals surface area contributed by atoms with E-state index in [0.29, 0.717) is 0 Å². The van der Waals surface area contributed by atoms with Crippen LogP contribution in [0.2, 0.25) is 0 Å². The fourth-order valence-electron chi connectivity index (χ4n) is 1.02. The van der Waals surface area contributed by atoms with Gasteiger partial charge in [0, 0.05) is 37.8 Å². The number of aromatic nitrogens is 1. The molecule has 0 unspecified atom stereocenters. The highest BCUT2D eigenvalue weighted by molar-refractivity contribution is 5.40. The Balaban J connectivity index is 2.07. The van der Waals surface area contributed by atoms with Crippen molar-refractivity contribution in [3.8, 4) is 0 Å². The van der Waals surface area contributed by atoms with Crippen LogP contribution < -0.4 is 5.32 Å². The molecule has 13 heavy (non-hydrogen) atoms. The molecule has 0 atom stereocenters. The molecule has 0 saturated carbocycles. The van der Waals surface area contributed by atoms with Gasteiger partial charge in [0.15, 0.2) is 0 Å². The largest absolute Gasteiger partial charge is 0.385 e. The van der Waals surface area contributed by atoms with Gasteiger partial charge in [-0.15, -0.1) is 0 Å². The summed E-state index contributed by atoms with van der Waals surface area (Å²) in [5.74, 6) is 0. The lowest BCUT2D eigenvalue weighted by Crippen LogP contribution is -2.05. The molecule has 1 rings (SSSR count). The van der Waals surface area contributed by atoms with Crippen LogP contribution in [0.5, 0.6) is 0 Å². The Kier molecular flexibility index (Phi) is 4.94. The first-order chi connectivity index (χ1) is 6.43. The van der Waals surface area contributed by atoms with Gasteiger partial charge in [0.25, 0.3) is 0 Å². The third kappa shape index (κ3) is 4.48. The van der Waals surface area contributed by atoms with Crippen LogP contribution in [0.4, 0.5) is 5.69 Å². The Morgan fingerprint density at radius 2 is 2.15 bits per heavy atom. The van der Waals surface area contributed by atoms with Crippen molar-refractivity contribution in [1.29, 1.82) is 0 Å². The molecule has 72 valence electrons. The minimum atomic E-state index is 0.801. The molecule has 0 aliphatic heterocycles. The molecule has 1 heterocycles. The number of nitrogens with one attached hydrogen (secondary N) is 1. The quantitative estimate of drug-likeness (QED) is 0.679. The molecule has 1 N–H and O–H groups in total. The lowest BCUT2D eigenvalue weighted by molar-refractivity contribution is 0.147. The third-order valence-electron chi connectivity index (χ3n) is 1.68. The van der Waals surface area contributed by atoms with Crippen molar-refractivity contribution in [2.24, 2.45) is 0 Å². The van der Waals surface area contributed by atoms with Crippen molar-refractivity contribution in [3.05, 3.63) is 24.5 Å². The van der Waals surface area contributed by atoms with Crippen LogP contribution in [0.15, 0.2) is 24.5 Å². The maximum Gasteiger partial charge on any atom is 0.0482 e. The van der Waals surface area contributed by atoms with Gasteiger partial charge in [0.2, 0.25) is 0 Å². The average Bonchev–Trinajstić information content (AvgIpc) is 2.19. The zero-order valence-electron chi connectivity index (χ0n) is 7.99. The lowest BCUT2D eigenvalue weighted by atomic mass is 10.4. The van der Waals surface area contributed by atoms with E-state index < -0.39 is 0 Å². The van der Waals surface area contributed by atoms with Crippen molar-refractivity contribution in [3.63, 3.8) is 0 Å². The number of ether oxygens (including phenoxy) is 1. The van der Waals surface area contributed by atoms with E-state index >= 15 is 0 Å². The van der Waals surface area contributed by atoms with Crippen LogP contribution in [0.3, 0.4) is 0 Å². The molecule has 0 aliphatic carbocycles. The summed E-state index contributed by atoms with van der Waals surface area (Å²) in [5.41, 5.74) is 1.12. The van der Waals surface area contributed by atoms with Crippen LogP contribution in [-0.2, 0) is 4.74 Å². The van der Waals surface area contributed by atoms with E-state index in [9.17, 15) is 0 Å². The molecule has 1 aromatic rings. The number of hydrogen-bond donors (Lipinski definition) is 1. The molecule has 0 fully saturated rings. The first-order valence-electron chi connectivity index (χ1n) is 4.65. The SMILES string of the molecule is CCOCCCNc1ccncc1. The average molecular weight is 180 g/mol. The second-order valence-electron chi connectivity index (χ2n) is 2.71. The summed E-state index contributed by atoms with van der Waals surface area (Å²) in [6.07, 6.45) is 4.60. The smallest absolute Gasteiger partial charge is 0.0482 e. The molecule has 3 nitrogen and oxygen atoms in total. The fourth-order valence-corrected chi connectivity index (χ4v) is 1.02. The van der Waals surface area contributed by atoms with Crippen LogP contribution in [0, 0.1) is 0 Å². The first kappa shape index (κ1) is 9.99. The van der Waals surface area contributed by atoms with Gasteiger partial charge in [-0.1, -0.05) is 0 Å². The first-order valence-corrected chi connectivity index (χ1v) is 4.65. The second-order valence-corrected chi connectivity index (χ2v) is 2.71. The highest BCUT2D eigenvalue weighted by Crippen LogP contribution is 2.02. The van der Waals surface area contributed by atoms with E-state index in [1.165, 1.54) is 0 Å². The molecule has 3 heteroatoms. The summed E-state index contributed by atoms with van der Waals surface area (Å²) in [6.45, 7) is 4.59.